The van der Waals surface area contributed by atoms with E-state index in [9.17, 15) is 4.57 Å². The molecule has 17 heavy (non-hydrogen) atoms. The minimum absolute atomic E-state index is 0.239. The first-order valence-corrected chi connectivity index (χ1v) is 7.40. The molecule has 0 aliphatic carbocycles. The van der Waals surface area contributed by atoms with Crippen molar-refractivity contribution in [3.63, 3.8) is 0 Å². The zero-order valence-corrected chi connectivity index (χ0v) is 10.5. The third-order valence-electron chi connectivity index (χ3n) is 3.17. The first-order chi connectivity index (χ1) is 8.22. The van der Waals surface area contributed by atoms with Crippen LogP contribution >= 0.6 is 7.14 Å². The van der Waals surface area contributed by atoms with Crippen LogP contribution in [0.25, 0.3) is 10.4 Å². The van der Waals surface area contributed by atoms with E-state index < -0.39 is 12.9 Å². The lowest BCUT2D eigenvalue weighted by Gasteiger charge is -2.20. The summed E-state index contributed by atoms with van der Waals surface area (Å²) in [5.74, 6) is -0.570. The van der Waals surface area contributed by atoms with Gasteiger partial charge in [-0.1, -0.05) is 35.4 Å². The summed E-state index contributed by atoms with van der Waals surface area (Å²) in [7, 11) is -1.11. The molecule has 1 heterocycles. The second-order valence-corrected chi connectivity index (χ2v) is 7.12. The van der Waals surface area contributed by atoms with E-state index in [1.807, 2.05) is 30.3 Å². The van der Waals surface area contributed by atoms with Crippen LogP contribution in [0.1, 0.15) is 6.42 Å². The third-order valence-corrected chi connectivity index (χ3v) is 6.56. The molecule has 0 N–H and O–H groups in total. The first kappa shape index (κ1) is 12.2. The number of hydrogen-bond acceptors (Lipinski definition) is 3. The highest BCUT2D eigenvalue weighted by molar-refractivity contribution is 7.72. The lowest BCUT2D eigenvalue weighted by molar-refractivity contribution is 0.104. The zero-order valence-electron chi connectivity index (χ0n) is 9.56. The van der Waals surface area contributed by atoms with E-state index in [4.69, 9.17) is 10.3 Å². The molecule has 6 heteroatoms. The van der Waals surface area contributed by atoms with Gasteiger partial charge >= 0.3 is 0 Å². The van der Waals surface area contributed by atoms with E-state index >= 15 is 0 Å². The molecule has 0 saturated carbocycles. The van der Waals surface area contributed by atoms with Crippen LogP contribution in [0.3, 0.4) is 0 Å². The number of azide groups is 1. The molecule has 1 aliphatic heterocycles. The quantitative estimate of drug-likeness (QED) is 0.358. The normalized spacial score (nSPS) is 32.1. The second kappa shape index (κ2) is 4.92. The van der Waals surface area contributed by atoms with E-state index in [-0.39, 0.29) is 6.10 Å². The van der Waals surface area contributed by atoms with Crippen LogP contribution in [0.15, 0.2) is 35.4 Å². The van der Waals surface area contributed by atoms with Crippen molar-refractivity contribution in [3.05, 3.63) is 40.8 Å². The van der Waals surface area contributed by atoms with Crippen molar-refractivity contribution in [2.75, 3.05) is 13.3 Å². The van der Waals surface area contributed by atoms with Gasteiger partial charge in [0.05, 0.1) is 6.10 Å². The fraction of sp³-hybridized carbons (Fsp3) is 0.455. The topological polar surface area (TPSA) is 75.1 Å². The van der Waals surface area contributed by atoms with Gasteiger partial charge in [0, 0.05) is 23.5 Å². The number of hydrogen-bond donors (Lipinski definition) is 0. The summed E-state index contributed by atoms with van der Waals surface area (Å²) < 4.78 is 18.2. The van der Waals surface area contributed by atoms with Gasteiger partial charge in [0.1, 0.15) is 12.9 Å². The van der Waals surface area contributed by atoms with Crippen LogP contribution in [0, 0.1) is 0 Å². The molecule has 1 aromatic carbocycles. The van der Waals surface area contributed by atoms with Crippen LogP contribution in [0.4, 0.5) is 0 Å². The zero-order chi connectivity index (χ0) is 12.3. The fourth-order valence-corrected chi connectivity index (χ4v) is 5.45. The second-order valence-electron chi connectivity index (χ2n) is 4.04. The van der Waals surface area contributed by atoms with Crippen LogP contribution in [0.5, 0.6) is 0 Å². The van der Waals surface area contributed by atoms with E-state index in [0.717, 1.165) is 5.30 Å². The molecular weight excluding hydrogens is 237 g/mol. The van der Waals surface area contributed by atoms with Gasteiger partial charge in [0.25, 0.3) is 0 Å². The summed E-state index contributed by atoms with van der Waals surface area (Å²) in [6, 6.07) is 9.24. The number of rotatable bonds is 3. The molecule has 3 atom stereocenters. The lowest BCUT2D eigenvalue weighted by atomic mass is 10.3. The smallest absolute Gasteiger partial charge is 0.127 e. The highest BCUT2D eigenvalue weighted by atomic mass is 31.2. The predicted molar refractivity (Wildman–Crippen MR) is 66.9 cm³/mol. The molecule has 0 spiro atoms. The molecule has 0 aromatic heterocycles. The Morgan fingerprint density at radius 3 is 2.76 bits per heavy atom. The highest BCUT2D eigenvalue weighted by Gasteiger charge is 2.45. The number of ether oxygens (including phenoxy) is 1. The first-order valence-electron chi connectivity index (χ1n) is 5.44. The predicted octanol–water partition coefficient (Wildman–Crippen LogP) is 2.73. The van der Waals surface area contributed by atoms with E-state index in [1.165, 1.54) is 0 Å². The minimum atomic E-state index is -2.67. The van der Waals surface area contributed by atoms with Crippen molar-refractivity contribution in [3.8, 4) is 0 Å². The van der Waals surface area contributed by atoms with Crippen LogP contribution in [-0.4, -0.2) is 25.2 Å². The summed E-state index contributed by atoms with van der Waals surface area (Å²) in [4.78, 5) is 2.81. The van der Waals surface area contributed by atoms with Gasteiger partial charge in [-0.15, -0.1) is 0 Å². The lowest BCUT2D eigenvalue weighted by Crippen LogP contribution is -2.22. The van der Waals surface area contributed by atoms with Crippen molar-refractivity contribution in [1.29, 1.82) is 0 Å². The van der Waals surface area contributed by atoms with Gasteiger partial charge in [-0.05, 0) is 12.0 Å². The molecule has 90 valence electrons. The average Bonchev–Trinajstić information content (AvgIpc) is 2.70. The number of methoxy groups -OCH3 is 1. The summed E-state index contributed by atoms with van der Waals surface area (Å²) in [6.07, 6.45) is 0.975. The summed E-state index contributed by atoms with van der Waals surface area (Å²) in [5.41, 5.74) is 8.60. The van der Waals surface area contributed by atoms with E-state index in [1.54, 1.807) is 7.11 Å². The Hall–Kier alpha value is -1.28. The molecule has 3 unspecified atom stereocenters. The van der Waals surface area contributed by atoms with Crippen molar-refractivity contribution >= 4 is 12.4 Å². The maximum atomic E-state index is 13.0. The maximum absolute atomic E-state index is 13.0. The molecule has 0 bridgehead atoms. The van der Waals surface area contributed by atoms with E-state index in [0.29, 0.717) is 12.6 Å². The molecule has 1 fully saturated rings. The van der Waals surface area contributed by atoms with Gasteiger partial charge in [0.15, 0.2) is 0 Å². The molecule has 1 aromatic rings. The van der Waals surface area contributed by atoms with Gasteiger partial charge in [0.2, 0.25) is 0 Å². The average molecular weight is 251 g/mol. The van der Waals surface area contributed by atoms with Crippen LogP contribution in [0.2, 0.25) is 0 Å². The van der Waals surface area contributed by atoms with Crippen molar-refractivity contribution < 1.29 is 9.30 Å². The molecule has 5 nitrogen and oxygen atoms in total. The van der Waals surface area contributed by atoms with Crippen LogP contribution < -0.4 is 5.30 Å². The monoisotopic (exact) mass is 251 g/mol. The molecule has 0 amide bonds. The van der Waals surface area contributed by atoms with E-state index in [2.05, 4.69) is 10.0 Å². The SMILES string of the molecule is COC1CCP(=O)(c2ccccc2)C1N=[N+]=[N-]. The Kier molecular flexibility index (Phi) is 3.53. The maximum Gasteiger partial charge on any atom is 0.127 e. The summed E-state index contributed by atoms with van der Waals surface area (Å²) >= 11 is 0. The minimum Gasteiger partial charge on any atom is -0.381 e. The standard InChI is InChI=1S/C11H14N3O2P/c1-16-10-7-8-17(15,11(10)13-14-12)9-5-3-2-4-6-9/h2-6,10-11H,7-8H2,1H3. The van der Waals surface area contributed by atoms with Crippen LogP contribution in [-0.2, 0) is 9.30 Å². The molecule has 1 aliphatic rings. The Balaban J connectivity index is 2.43. The van der Waals surface area contributed by atoms with Gasteiger partial charge in [-0.3, -0.25) is 0 Å². The van der Waals surface area contributed by atoms with Crippen molar-refractivity contribution in [1.82, 2.24) is 0 Å². The molecule has 0 radical (unpaired) electrons. The highest BCUT2D eigenvalue weighted by Crippen LogP contribution is 2.58. The Morgan fingerprint density at radius 2 is 2.18 bits per heavy atom. The number of benzene rings is 1. The molecular formula is C11H14N3O2P. The van der Waals surface area contributed by atoms with Gasteiger partial charge in [-0.2, -0.15) is 0 Å². The summed E-state index contributed by atoms with van der Waals surface area (Å²) in [5, 5.41) is 4.47. The van der Waals surface area contributed by atoms with Crippen molar-refractivity contribution in [2.24, 2.45) is 5.11 Å². The summed E-state index contributed by atoms with van der Waals surface area (Å²) in [6.45, 7) is 0. The molecule has 1 saturated heterocycles. The molecule has 2 rings (SSSR count). The van der Waals surface area contributed by atoms with Gasteiger partial charge < -0.3 is 9.30 Å². The Bertz CT molecular complexity index is 485. The Labute approximate surface area is 99.8 Å². The fourth-order valence-electron chi connectivity index (χ4n) is 2.28. The van der Waals surface area contributed by atoms with Crippen molar-refractivity contribution in [2.45, 2.75) is 18.3 Å². The Morgan fingerprint density at radius 1 is 1.47 bits per heavy atom. The third kappa shape index (κ3) is 2.09. The van der Waals surface area contributed by atoms with Gasteiger partial charge in [-0.25, -0.2) is 0 Å². The largest absolute Gasteiger partial charge is 0.381 e. The number of nitrogens with zero attached hydrogens (tertiary/aromatic N) is 3.